The van der Waals surface area contributed by atoms with Crippen molar-refractivity contribution in [1.29, 1.82) is 0 Å². The maximum Gasteiger partial charge on any atom is 0.407 e. The number of aromatic nitrogens is 2. The van der Waals surface area contributed by atoms with E-state index in [0.29, 0.717) is 18.4 Å². The van der Waals surface area contributed by atoms with E-state index < -0.39 is 0 Å². The Morgan fingerprint density at radius 2 is 2.00 bits per heavy atom. The highest BCUT2D eigenvalue weighted by molar-refractivity contribution is 5.67. The molecule has 7 heteroatoms. The number of carbonyl (C=O) groups excluding carboxylic acids is 1. The number of hydrogen-bond acceptors (Lipinski definition) is 6. The molecule has 1 aliphatic carbocycles. The molecule has 1 aromatic heterocycles. The largest absolute Gasteiger partial charge is 0.480 e. The highest BCUT2D eigenvalue weighted by Gasteiger charge is 2.24. The third-order valence-corrected chi connectivity index (χ3v) is 3.36. The average molecular weight is 295 g/mol. The fourth-order valence-electron chi connectivity index (χ4n) is 2.32. The van der Waals surface area contributed by atoms with E-state index in [1.54, 1.807) is 20.2 Å². The summed E-state index contributed by atoms with van der Waals surface area (Å²) in [6.07, 6.45) is 6.29. The summed E-state index contributed by atoms with van der Waals surface area (Å²) in [5.41, 5.74) is 0. The Morgan fingerprint density at radius 1 is 1.29 bits per heavy atom. The first-order valence-electron chi connectivity index (χ1n) is 7.17. The van der Waals surface area contributed by atoms with Crippen molar-refractivity contribution in [3.63, 3.8) is 0 Å². The number of amides is 1. The molecule has 1 aliphatic rings. The quantitative estimate of drug-likeness (QED) is 0.893. The molecule has 1 fully saturated rings. The molecule has 0 unspecified atom stereocenters. The first-order chi connectivity index (χ1) is 10.2. The molecule has 2 rings (SSSR count). The van der Waals surface area contributed by atoms with Gasteiger partial charge >= 0.3 is 6.09 Å². The van der Waals surface area contributed by atoms with E-state index in [1.165, 1.54) is 6.20 Å². The molecule has 1 saturated carbocycles. The Hall–Kier alpha value is -2.05. The zero-order valence-corrected chi connectivity index (χ0v) is 12.4. The lowest BCUT2D eigenvalue weighted by Gasteiger charge is -2.28. The monoisotopic (exact) mass is 295 g/mol. The second-order valence-corrected chi connectivity index (χ2v) is 4.86. The van der Waals surface area contributed by atoms with Gasteiger partial charge < -0.3 is 19.5 Å². The van der Waals surface area contributed by atoms with Crippen LogP contribution in [0.3, 0.4) is 0 Å². The number of nitrogens with zero attached hydrogens (tertiary/aromatic N) is 2. The second-order valence-electron chi connectivity index (χ2n) is 4.86. The van der Waals surface area contributed by atoms with E-state index in [0.717, 1.165) is 25.7 Å². The molecule has 0 saturated heterocycles. The number of methoxy groups -OCH3 is 1. The molecule has 0 aromatic carbocycles. The van der Waals surface area contributed by atoms with Gasteiger partial charge in [-0.05, 0) is 32.6 Å². The number of rotatable bonds is 5. The molecule has 1 N–H and O–H groups in total. The fourth-order valence-corrected chi connectivity index (χ4v) is 2.32. The summed E-state index contributed by atoms with van der Waals surface area (Å²) >= 11 is 0. The van der Waals surface area contributed by atoms with Crippen LogP contribution in [0, 0.1) is 0 Å². The highest BCUT2D eigenvalue weighted by atomic mass is 16.5. The standard InChI is InChI=1S/C14H21N3O4/c1-3-20-14(18)16-10-4-6-11(7-5-10)21-13-9-15-8-12(17-13)19-2/h8-11H,3-7H2,1-2H3,(H,16,18). The van der Waals surface area contributed by atoms with Crippen LogP contribution in [0.15, 0.2) is 12.4 Å². The molecule has 116 valence electrons. The summed E-state index contributed by atoms with van der Waals surface area (Å²) in [4.78, 5) is 19.5. The summed E-state index contributed by atoms with van der Waals surface area (Å²) in [5, 5.41) is 2.86. The maximum atomic E-state index is 11.4. The van der Waals surface area contributed by atoms with E-state index >= 15 is 0 Å². The van der Waals surface area contributed by atoms with Crippen LogP contribution in [0.25, 0.3) is 0 Å². The molecule has 1 heterocycles. The van der Waals surface area contributed by atoms with Gasteiger partial charge in [-0.1, -0.05) is 0 Å². The van der Waals surface area contributed by atoms with Gasteiger partial charge in [0.05, 0.1) is 26.1 Å². The normalized spacial score (nSPS) is 21.4. The van der Waals surface area contributed by atoms with Crippen molar-refractivity contribution >= 4 is 6.09 Å². The lowest BCUT2D eigenvalue weighted by molar-refractivity contribution is 0.119. The lowest BCUT2D eigenvalue weighted by atomic mass is 9.93. The Kier molecular flexibility index (Phi) is 5.59. The van der Waals surface area contributed by atoms with Crippen LogP contribution >= 0.6 is 0 Å². The number of carbonyl (C=O) groups is 1. The van der Waals surface area contributed by atoms with Crippen molar-refractivity contribution in [3.8, 4) is 11.8 Å². The SMILES string of the molecule is CCOC(=O)NC1CCC(Oc2cncc(OC)n2)CC1. The van der Waals surface area contributed by atoms with Crippen molar-refractivity contribution < 1.29 is 19.0 Å². The van der Waals surface area contributed by atoms with Gasteiger partial charge in [0.25, 0.3) is 0 Å². The van der Waals surface area contributed by atoms with Crippen molar-refractivity contribution in [2.24, 2.45) is 0 Å². The third kappa shape index (κ3) is 4.77. The van der Waals surface area contributed by atoms with E-state index in [2.05, 4.69) is 15.3 Å². The number of ether oxygens (including phenoxy) is 3. The van der Waals surface area contributed by atoms with E-state index in [4.69, 9.17) is 14.2 Å². The molecular formula is C14H21N3O4. The van der Waals surface area contributed by atoms with Crippen molar-refractivity contribution in [1.82, 2.24) is 15.3 Å². The molecular weight excluding hydrogens is 274 g/mol. The van der Waals surface area contributed by atoms with Crippen LogP contribution in [0.1, 0.15) is 32.6 Å². The molecule has 1 aromatic rings. The van der Waals surface area contributed by atoms with Gasteiger partial charge in [0.2, 0.25) is 11.8 Å². The van der Waals surface area contributed by atoms with Gasteiger partial charge in [-0.15, -0.1) is 0 Å². The Morgan fingerprint density at radius 3 is 2.67 bits per heavy atom. The Balaban J connectivity index is 1.77. The van der Waals surface area contributed by atoms with Crippen LogP contribution in [0.4, 0.5) is 4.79 Å². The highest BCUT2D eigenvalue weighted by Crippen LogP contribution is 2.23. The van der Waals surface area contributed by atoms with Crippen LogP contribution in [-0.4, -0.2) is 41.9 Å². The van der Waals surface area contributed by atoms with E-state index in [1.807, 2.05) is 0 Å². The molecule has 0 spiro atoms. The first-order valence-corrected chi connectivity index (χ1v) is 7.17. The van der Waals surface area contributed by atoms with Gasteiger partial charge in [-0.25, -0.2) is 4.79 Å². The smallest absolute Gasteiger partial charge is 0.407 e. The average Bonchev–Trinajstić information content (AvgIpc) is 2.50. The Bertz CT molecular complexity index is 461. The summed E-state index contributed by atoms with van der Waals surface area (Å²) < 4.78 is 15.7. The van der Waals surface area contributed by atoms with Crippen LogP contribution in [-0.2, 0) is 4.74 Å². The van der Waals surface area contributed by atoms with Crippen LogP contribution in [0.5, 0.6) is 11.8 Å². The molecule has 0 radical (unpaired) electrons. The zero-order chi connectivity index (χ0) is 15.1. The number of alkyl carbamates (subject to hydrolysis) is 1. The zero-order valence-electron chi connectivity index (χ0n) is 12.4. The van der Waals surface area contributed by atoms with Crippen LogP contribution in [0.2, 0.25) is 0 Å². The maximum absolute atomic E-state index is 11.4. The summed E-state index contributed by atoms with van der Waals surface area (Å²) in [5.74, 6) is 0.904. The van der Waals surface area contributed by atoms with E-state index in [9.17, 15) is 4.79 Å². The first kappa shape index (κ1) is 15.3. The molecule has 0 aliphatic heterocycles. The third-order valence-electron chi connectivity index (χ3n) is 3.36. The molecule has 7 nitrogen and oxygen atoms in total. The minimum Gasteiger partial charge on any atom is -0.480 e. The minimum atomic E-state index is -0.347. The summed E-state index contributed by atoms with van der Waals surface area (Å²) in [6, 6.07) is 0.153. The molecule has 1 amide bonds. The minimum absolute atomic E-state index is 0.0895. The topological polar surface area (TPSA) is 82.6 Å². The van der Waals surface area contributed by atoms with Gasteiger partial charge in [0, 0.05) is 6.04 Å². The number of nitrogens with one attached hydrogen (secondary N) is 1. The van der Waals surface area contributed by atoms with Gasteiger partial charge in [0.1, 0.15) is 6.10 Å². The van der Waals surface area contributed by atoms with Crippen molar-refractivity contribution in [2.75, 3.05) is 13.7 Å². The molecule has 0 atom stereocenters. The molecule has 0 bridgehead atoms. The predicted octanol–water partition coefficient (Wildman–Crippen LogP) is 1.92. The fraction of sp³-hybridized carbons (Fsp3) is 0.643. The second kappa shape index (κ2) is 7.66. The lowest BCUT2D eigenvalue weighted by Crippen LogP contribution is -2.40. The van der Waals surface area contributed by atoms with Crippen molar-refractivity contribution in [2.45, 2.75) is 44.8 Å². The summed E-state index contributed by atoms with van der Waals surface area (Å²) in [6.45, 7) is 2.18. The number of hydrogen-bond donors (Lipinski definition) is 1. The van der Waals surface area contributed by atoms with Gasteiger partial charge in [-0.3, -0.25) is 4.98 Å². The van der Waals surface area contributed by atoms with E-state index in [-0.39, 0.29) is 18.2 Å². The van der Waals surface area contributed by atoms with Crippen molar-refractivity contribution in [3.05, 3.63) is 12.4 Å². The van der Waals surface area contributed by atoms with Gasteiger partial charge in [0.15, 0.2) is 0 Å². The molecule has 21 heavy (non-hydrogen) atoms. The summed E-state index contributed by atoms with van der Waals surface area (Å²) in [7, 11) is 1.54. The predicted molar refractivity (Wildman–Crippen MR) is 75.4 cm³/mol. The Labute approximate surface area is 124 Å². The van der Waals surface area contributed by atoms with Gasteiger partial charge in [-0.2, -0.15) is 4.98 Å². The van der Waals surface area contributed by atoms with Crippen LogP contribution < -0.4 is 14.8 Å².